The lowest BCUT2D eigenvalue weighted by molar-refractivity contribution is 1.07. The molecular formula is C45H29N3S. The van der Waals surface area contributed by atoms with Gasteiger partial charge in [0.15, 0.2) is 17.5 Å². The molecule has 9 aromatic rings. The van der Waals surface area contributed by atoms with Crippen molar-refractivity contribution in [3.8, 4) is 67.5 Å². The second-order valence-corrected chi connectivity index (χ2v) is 13.1. The zero-order valence-corrected chi connectivity index (χ0v) is 27.3. The highest BCUT2D eigenvalue weighted by Crippen LogP contribution is 2.44. The fourth-order valence-electron chi connectivity index (χ4n) is 6.53. The standard InChI is InChI=1S/C45H29N3S/c1-4-12-30(13-5-1)31-22-26-35(27-23-31)44-46-43(34-16-8-3-9-17-34)47-45(48-44)36-28-24-33(25-29-36)38-19-10-20-39-41-37(32-14-6-2-7-15-32)18-11-21-40(41)49-42(38)39/h1-29H. The summed E-state index contributed by atoms with van der Waals surface area (Å²) >= 11 is 1.86. The monoisotopic (exact) mass is 643 g/mol. The Morgan fingerprint density at radius 3 is 1.31 bits per heavy atom. The highest BCUT2D eigenvalue weighted by atomic mass is 32.1. The van der Waals surface area contributed by atoms with Crippen molar-refractivity contribution in [1.82, 2.24) is 15.0 Å². The van der Waals surface area contributed by atoms with E-state index in [4.69, 9.17) is 15.0 Å². The third kappa shape index (κ3) is 5.48. The number of benzene rings is 7. The van der Waals surface area contributed by atoms with Crippen LogP contribution in [0.15, 0.2) is 176 Å². The Bertz CT molecular complexity index is 2560. The molecule has 0 aliphatic rings. The van der Waals surface area contributed by atoms with Gasteiger partial charge >= 0.3 is 0 Å². The van der Waals surface area contributed by atoms with Crippen molar-refractivity contribution >= 4 is 31.5 Å². The van der Waals surface area contributed by atoms with Gasteiger partial charge in [-0.25, -0.2) is 15.0 Å². The van der Waals surface area contributed by atoms with Crippen LogP contribution in [0.25, 0.3) is 87.7 Å². The Balaban J connectivity index is 1.11. The van der Waals surface area contributed by atoms with E-state index >= 15 is 0 Å². The molecule has 0 spiro atoms. The van der Waals surface area contributed by atoms with Gasteiger partial charge in [-0.1, -0.05) is 170 Å². The van der Waals surface area contributed by atoms with E-state index in [2.05, 4.69) is 140 Å². The molecule has 0 radical (unpaired) electrons. The van der Waals surface area contributed by atoms with Crippen molar-refractivity contribution in [3.05, 3.63) is 176 Å². The van der Waals surface area contributed by atoms with Crippen LogP contribution < -0.4 is 0 Å². The molecule has 49 heavy (non-hydrogen) atoms. The van der Waals surface area contributed by atoms with Gasteiger partial charge in [-0.05, 0) is 39.4 Å². The van der Waals surface area contributed by atoms with E-state index in [0.29, 0.717) is 17.5 Å². The second-order valence-electron chi connectivity index (χ2n) is 12.0. The summed E-state index contributed by atoms with van der Waals surface area (Å²) in [4.78, 5) is 14.9. The molecule has 0 saturated carbocycles. The lowest BCUT2D eigenvalue weighted by Gasteiger charge is -2.10. The molecule has 3 nitrogen and oxygen atoms in total. The number of fused-ring (bicyclic) bond motifs is 3. The summed E-state index contributed by atoms with van der Waals surface area (Å²) in [6, 6.07) is 61.5. The lowest BCUT2D eigenvalue weighted by Crippen LogP contribution is -2.00. The van der Waals surface area contributed by atoms with Crippen molar-refractivity contribution < 1.29 is 0 Å². The molecule has 9 rings (SSSR count). The van der Waals surface area contributed by atoms with E-state index in [1.165, 1.54) is 42.4 Å². The van der Waals surface area contributed by atoms with Crippen LogP contribution in [-0.4, -0.2) is 15.0 Å². The van der Waals surface area contributed by atoms with Gasteiger partial charge in [0, 0.05) is 36.9 Å². The minimum Gasteiger partial charge on any atom is -0.208 e. The molecule has 0 unspecified atom stereocenters. The van der Waals surface area contributed by atoms with Crippen LogP contribution in [0, 0.1) is 0 Å². The minimum absolute atomic E-state index is 0.648. The molecule has 0 fully saturated rings. The number of hydrogen-bond acceptors (Lipinski definition) is 4. The maximum Gasteiger partial charge on any atom is 0.164 e. The minimum atomic E-state index is 0.648. The Hall–Kier alpha value is -6.23. The molecule has 0 bridgehead atoms. The van der Waals surface area contributed by atoms with Crippen LogP contribution >= 0.6 is 11.3 Å². The van der Waals surface area contributed by atoms with Gasteiger partial charge in [-0.15, -0.1) is 11.3 Å². The van der Waals surface area contributed by atoms with Crippen molar-refractivity contribution in [2.45, 2.75) is 0 Å². The third-order valence-corrected chi connectivity index (χ3v) is 10.2. The molecule has 0 saturated heterocycles. The molecule has 4 heteroatoms. The largest absolute Gasteiger partial charge is 0.208 e. The highest BCUT2D eigenvalue weighted by Gasteiger charge is 2.16. The molecular weight excluding hydrogens is 615 g/mol. The van der Waals surface area contributed by atoms with E-state index < -0.39 is 0 Å². The number of nitrogens with zero attached hydrogens (tertiary/aromatic N) is 3. The molecule has 2 heterocycles. The molecule has 0 atom stereocenters. The molecule has 2 aromatic heterocycles. The Morgan fingerprint density at radius 1 is 0.306 bits per heavy atom. The van der Waals surface area contributed by atoms with Crippen molar-refractivity contribution in [2.24, 2.45) is 0 Å². The van der Waals surface area contributed by atoms with Gasteiger partial charge in [0.2, 0.25) is 0 Å². The van der Waals surface area contributed by atoms with E-state index in [9.17, 15) is 0 Å². The van der Waals surface area contributed by atoms with E-state index in [0.717, 1.165) is 27.8 Å². The first kappa shape index (κ1) is 29.0. The normalized spacial score (nSPS) is 11.3. The summed E-state index contributed by atoms with van der Waals surface area (Å²) in [6.07, 6.45) is 0. The first-order valence-electron chi connectivity index (χ1n) is 16.4. The van der Waals surface area contributed by atoms with Crippen LogP contribution in [-0.2, 0) is 0 Å². The Labute approximate surface area is 288 Å². The predicted molar refractivity (Wildman–Crippen MR) is 205 cm³/mol. The van der Waals surface area contributed by atoms with Gasteiger partial charge in [-0.3, -0.25) is 0 Å². The van der Waals surface area contributed by atoms with Crippen molar-refractivity contribution in [1.29, 1.82) is 0 Å². The van der Waals surface area contributed by atoms with E-state index in [1.54, 1.807) is 0 Å². The van der Waals surface area contributed by atoms with Crippen LogP contribution in [0.5, 0.6) is 0 Å². The summed E-state index contributed by atoms with van der Waals surface area (Å²) in [5, 5.41) is 2.60. The number of thiophene rings is 1. The summed E-state index contributed by atoms with van der Waals surface area (Å²) in [6.45, 7) is 0. The second kappa shape index (κ2) is 12.4. The predicted octanol–water partition coefficient (Wildman–Crippen LogP) is 12.2. The Morgan fingerprint density at radius 2 is 0.714 bits per heavy atom. The maximum atomic E-state index is 5.00. The highest BCUT2D eigenvalue weighted by molar-refractivity contribution is 7.26. The third-order valence-electron chi connectivity index (χ3n) is 8.98. The van der Waals surface area contributed by atoms with Crippen LogP contribution in [0.2, 0.25) is 0 Å². The van der Waals surface area contributed by atoms with Gasteiger partial charge in [0.1, 0.15) is 0 Å². The quantitative estimate of drug-likeness (QED) is 0.181. The SMILES string of the molecule is c1ccc(-c2ccc(-c3nc(-c4ccccc4)nc(-c4ccc(-c5cccc6c5sc5cccc(-c7ccccc7)c56)cc4)n3)cc2)cc1. The maximum absolute atomic E-state index is 5.00. The fraction of sp³-hybridized carbons (Fsp3) is 0. The topological polar surface area (TPSA) is 38.7 Å². The summed E-state index contributed by atoms with van der Waals surface area (Å²) in [5.41, 5.74) is 10.1. The first-order valence-corrected chi connectivity index (χ1v) is 17.2. The summed E-state index contributed by atoms with van der Waals surface area (Å²) in [5.74, 6) is 1.95. The Kier molecular flexibility index (Phi) is 7.34. The van der Waals surface area contributed by atoms with Crippen molar-refractivity contribution in [3.63, 3.8) is 0 Å². The molecule has 0 N–H and O–H groups in total. The molecule has 230 valence electrons. The zero-order valence-electron chi connectivity index (χ0n) is 26.5. The zero-order chi connectivity index (χ0) is 32.6. The molecule has 0 amide bonds. The lowest BCUT2D eigenvalue weighted by atomic mass is 9.97. The summed E-state index contributed by atoms with van der Waals surface area (Å²) < 4.78 is 2.59. The van der Waals surface area contributed by atoms with Gasteiger partial charge in [0.05, 0.1) is 0 Å². The van der Waals surface area contributed by atoms with E-state index in [-0.39, 0.29) is 0 Å². The van der Waals surface area contributed by atoms with Gasteiger partial charge in [0.25, 0.3) is 0 Å². The number of rotatable bonds is 6. The van der Waals surface area contributed by atoms with Crippen LogP contribution in [0.1, 0.15) is 0 Å². The molecule has 7 aromatic carbocycles. The molecule has 0 aliphatic carbocycles. The van der Waals surface area contributed by atoms with Crippen LogP contribution in [0.3, 0.4) is 0 Å². The van der Waals surface area contributed by atoms with Gasteiger partial charge in [-0.2, -0.15) is 0 Å². The van der Waals surface area contributed by atoms with E-state index in [1.807, 2.05) is 47.7 Å². The summed E-state index contributed by atoms with van der Waals surface area (Å²) in [7, 11) is 0. The average molecular weight is 644 g/mol. The number of aromatic nitrogens is 3. The molecule has 0 aliphatic heterocycles. The van der Waals surface area contributed by atoms with Gasteiger partial charge < -0.3 is 0 Å². The van der Waals surface area contributed by atoms with Crippen molar-refractivity contribution in [2.75, 3.05) is 0 Å². The van der Waals surface area contributed by atoms with Crippen LogP contribution in [0.4, 0.5) is 0 Å². The number of hydrogen-bond donors (Lipinski definition) is 0. The first-order chi connectivity index (χ1) is 24.3. The average Bonchev–Trinajstić information content (AvgIpc) is 3.58. The smallest absolute Gasteiger partial charge is 0.164 e. The fourth-order valence-corrected chi connectivity index (χ4v) is 7.79.